The van der Waals surface area contributed by atoms with Crippen LogP contribution < -0.4 is 20.3 Å². The van der Waals surface area contributed by atoms with E-state index in [1.807, 2.05) is 30.3 Å². The van der Waals surface area contributed by atoms with Crippen LogP contribution in [-0.2, 0) is 4.79 Å². The van der Waals surface area contributed by atoms with Crippen LogP contribution in [0.3, 0.4) is 0 Å². The number of hydrazine groups is 1. The van der Waals surface area contributed by atoms with E-state index in [-0.39, 0.29) is 6.61 Å². The lowest BCUT2D eigenvalue weighted by molar-refractivity contribution is -0.123. The smallest absolute Gasteiger partial charge is 0.276 e. The van der Waals surface area contributed by atoms with E-state index in [9.17, 15) is 9.59 Å². The Labute approximate surface area is 164 Å². The molecule has 0 bridgehead atoms. The van der Waals surface area contributed by atoms with Crippen molar-refractivity contribution in [3.05, 3.63) is 70.7 Å². The third-order valence-electron chi connectivity index (χ3n) is 3.85. The van der Waals surface area contributed by atoms with Crippen LogP contribution in [0, 0.1) is 0 Å². The first-order chi connectivity index (χ1) is 13.1. The zero-order chi connectivity index (χ0) is 19.2. The van der Waals surface area contributed by atoms with Crippen molar-refractivity contribution in [1.82, 2.24) is 10.9 Å². The molecule has 0 fully saturated rings. The second kappa shape index (κ2) is 8.55. The van der Waals surface area contributed by atoms with Crippen LogP contribution in [-0.4, -0.2) is 25.5 Å². The number of nitrogens with one attached hydrogen (secondary N) is 2. The van der Waals surface area contributed by atoms with Crippen molar-refractivity contribution in [1.29, 1.82) is 0 Å². The van der Waals surface area contributed by atoms with Gasteiger partial charge >= 0.3 is 0 Å². The minimum Gasteiger partial charge on any atom is -0.496 e. The third-order valence-corrected chi connectivity index (χ3v) is 4.67. The minimum atomic E-state index is -0.488. The van der Waals surface area contributed by atoms with Crippen molar-refractivity contribution >= 4 is 38.5 Å². The standard InChI is InChI=1S/C20H17BrN2O4/c1-26-16-9-5-4-8-15(16)20(25)23-22-18(24)12-27-17-11-10-13-6-2-3-7-14(13)19(17)21/h2-11H,12H2,1H3,(H,22,24)(H,23,25). The molecule has 6 nitrogen and oxygen atoms in total. The lowest BCUT2D eigenvalue weighted by Gasteiger charge is -2.12. The fourth-order valence-electron chi connectivity index (χ4n) is 2.53. The Kier molecular flexibility index (Phi) is 5.93. The minimum absolute atomic E-state index is 0.247. The number of carbonyl (C=O) groups is 2. The van der Waals surface area contributed by atoms with Crippen molar-refractivity contribution in [2.24, 2.45) is 0 Å². The van der Waals surface area contributed by atoms with Gasteiger partial charge in [0.15, 0.2) is 6.61 Å². The number of fused-ring (bicyclic) bond motifs is 1. The van der Waals surface area contributed by atoms with Crippen molar-refractivity contribution in [3.63, 3.8) is 0 Å². The van der Waals surface area contributed by atoms with Gasteiger partial charge in [-0.15, -0.1) is 0 Å². The van der Waals surface area contributed by atoms with Gasteiger partial charge in [-0.25, -0.2) is 0 Å². The Morgan fingerprint density at radius 1 is 0.926 bits per heavy atom. The highest BCUT2D eigenvalue weighted by Crippen LogP contribution is 2.32. The van der Waals surface area contributed by atoms with Gasteiger partial charge in [-0.1, -0.05) is 42.5 Å². The topological polar surface area (TPSA) is 76.7 Å². The summed E-state index contributed by atoms with van der Waals surface area (Å²) in [7, 11) is 1.47. The third kappa shape index (κ3) is 4.38. The number of amides is 2. The molecule has 0 aliphatic heterocycles. The number of para-hydroxylation sites is 1. The molecule has 0 heterocycles. The molecule has 3 aromatic carbocycles. The highest BCUT2D eigenvalue weighted by atomic mass is 79.9. The molecule has 2 amide bonds. The maximum absolute atomic E-state index is 12.1. The number of ether oxygens (including phenoxy) is 2. The molecule has 0 saturated heterocycles. The zero-order valence-corrected chi connectivity index (χ0v) is 16.1. The molecule has 0 saturated carbocycles. The number of benzene rings is 3. The molecule has 0 aliphatic carbocycles. The molecule has 0 aliphatic rings. The van der Waals surface area contributed by atoms with Gasteiger partial charge in [0.1, 0.15) is 11.5 Å². The number of hydrogen-bond donors (Lipinski definition) is 2. The van der Waals surface area contributed by atoms with Crippen LogP contribution in [0.5, 0.6) is 11.5 Å². The molecule has 138 valence electrons. The molecule has 0 spiro atoms. The van der Waals surface area contributed by atoms with Crippen LogP contribution >= 0.6 is 15.9 Å². The van der Waals surface area contributed by atoms with Crippen LogP contribution in [0.25, 0.3) is 10.8 Å². The average molecular weight is 429 g/mol. The Balaban J connectivity index is 1.57. The van der Waals surface area contributed by atoms with E-state index in [0.29, 0.717) is 17.1 Å². The normalized spacial score (nSPS) is 10.3. The van der Waals surface area contributed by atoms with Gasteiger partial charge in [-0.3, -0.25) is 20.4 Å². The number of rotatable bonds is 5. The molecule has 0 aromatic heterocycles. The molecule has 2 N–H and O–H groups in total. The molecule has 3 rings (SSSR count). The van der Waals surface area contributed by atoms with E-state index in [4.69, 9.17) is 9.47 Å². The van der Waals surface area contributed by atoms with E-state index >= 15 is 0 Å². The number of halogens is 1. The summed E-state index contributed by atoms with van der Waals surface area (Å²) in [5, 5.41) is 2.05. The summed E-state index contributed by atoms with van der Waals surface area (Å²) >= 11 is 3.50. The molecule has 0 unspecified atom stereocenters. The number of hydrogen-bond acceptors (Lipinski definition) is 4. The van der Waals surface area contributed by atoms with Crippen LogP contribution in [0.4, 0.5) is 0 Å². The van der Waals surface area contributed by atoms with Crippen LogP contribution in [0.1, 0.15) is 10.4 Å². The predicted octanol–water partition coefficient (Wildman–Crippen LogP) is 3.45. The highest BCUT2D eigenvalue weighted by molar-refractivity contribution is 9.10. The Morgan fingerprint density at radius 3 is 2.48 bits per heavy atom. The van der Waals surface area contributed by atoms with Gasteiger partial charge in [0.25, 0.3) is 11.8 Å². The van der Waals surface area contributed by atoms with Gasteiger partial charge in [-0.2, -0.15) is 0 Å². The molecular formula is C20H17BrN2O4. The second-order valence-electron chi connectivity index (χ2n) is 5.59. The van der Waals surface area contributed by atoms with Gasteiger partial charge in [-0.05, 0) is 44.9 Å². The van der Waals surface area contributed by atoms with Gasteiger partial charge < -0.3 is 9.47 Å². The maximum Gasteiger partial charge on any atom is 0.276 e. The molecule has 27 heavy (non-hydrogen) atoms. The van der Waals surface area contributed by atoms with Crippen LogP contribution in [0.15, 0.2) is 65.1 Å². The summed E-state index contributed by atoms with van der Waals surface area (Å²) in [6.07, 6.45) is 0. The van der Waals surface area contributed by atoms with Crippen LogP contribution in [0.2, 0.25) is 0 Å². The Morgan fingerprint density at radius 2 is 1.67 bits per heavy atom. The largest absolute Gasteiger partial charge is 0.496 e. The fourth-order valence-corrected chi connectivity index (χ4v) is 3.14. The van der Waals surface area contributed by atoms with Crippen molar-refractivity contribution in [2.45, 2.75) is 0 Å². The Hall–Kier alpha value is -3.06. The molecule has 0 radical (unpaired) electrons. The van der Waals surface area contributed by atoms with E-state index in [1.54, 1.807) is 30.3 Å². The first kappa shape index (κ1) is 18.7. The average Bonchev–Trinajstić information content (AvgIpc) is 2.71. The molecule has 3 aromatic rings. The number of carbonyl (C=O) groups excluding carboxylic acids is 2. The molecule has 0 atom stereocenters. The first-order valence-electron chi connectivity index (χ1n) is 8.12. The van der Waals surface area contributed by atoms with Crippen molar-refractivity contribution in [2.75, 3.05) is 13.7 Å². The van der Waals surface area contributed by atoms with Gasteiger partial charge in [0.05, 0.1) is 17.1 Å². The lowest BCUT2D eigenvalue weighted by atomic mass is 10.1. The quantitative estimate of drug-likeness (QED) is 0.610. The number of methoxy groups -OCH3 is 1. The maximum atomic E-state index is 12.1. The first-order valence-corrected chi connectivity index (χ1v) is 8.91. The molecular weight excluding hydrogens is 412 g/mol. The summed E-state index contributed by atoms with van der Waals surface area (Å²) in [4.78, 5) is 24.1. The van der Waals surface area contributed by atoms with E-state index in [0.717, 1.165) is 15.2 Å². The summed E-state index contributed by atoms with van der Waals surface area (Å²) in [6.45, 7) is -0.247. The SMILES string of the molecule is COc1ccccc1C(=O)NNC(=O)COc1ccc2ccccc2c1Br. The van der Waals surface area contributed by atoms with E-state index in [2.05, 4.69) is 26.8 Å². The van der Waals surface area contributed by atoms with Crippen molar-refractivity contribution < 1.29 is 19.1 Å². The Bertz CT molecular complexity index is 991. The van der Waals surface area contributed by atoms with Gasteiger partial charge in [0.2, 0.25) is 0 Å². The van der Waals surface area contributed by atoms with Gasteiger partial charge in [0, 0.05) is 0 Å². The fraction of sp³-hybridized carbons (Fsp3) is 0.100. The second-order valence-corrected chi connectivity index (χ2v) is 6.38. The summed E-state index contributed by atoms with van der Waals surface area (Å²) < 4.78 is 11.4. The molecule has 7 heteroatoms. The van der Waals surface area contributed by atoms with Crippen molar-refractivity contribution in [3.8, 4) is 11.5 Å². The lowest BCUT2D eigenvalue weighted by Crippen LogP contribution is -2.43. The summed E-state index contributed by atoms with van der Waals surface area (Å²) in [5.41, 5.74) is 4.99. The summed E-state index contributed by atoms with van der Waals surface area (Å²) in [6, 6.07) is 18.3. The predicted molar refractivity (Wildman–Crippen MR) is 106 cm³/mol. The zero-order valence-electron chi connectivity index (χ0n) is 14.5. The van der Waals surface area contributed by atoms with E-state index < -0.39 is 11.8 Å². The monoisotopic (exact) mass is 428 g/mol. The van der Waals surface area contributed by atoms with E-state index in [1.165, 1.54) is 7.11 Å². The summed E-state index contributed by atoms with van der Waals surface area (Å²) in [5.74, 6) is -0.00788. The highest BCUT2D eigenvalue weighted by Gasteiger charge is 2.13.